The lowest BCUT2D eigenvalue weighted by molar-refractivity contribution is -0.135. The fraction of sp³-hybridized carbons (Fsp3) is 0.500. The van der Waals surface area contributed by atoms with Crippen LogP contribution in [0.5, 0.6) is 0 Å². The first-order valence-corrected chi connectivity index (χ1v) is 10.6. The van der Waals surface area contributed by atoms with Crippen LogP contribution >= 0.6 is 0 Å². The largest absolute Gasteiger partial charge is 0.378 e. The molecule has 4 rings (SSSR count). The number of piperazine rings is 1. The lowest BCUT2D eigenvalue weighted by Crippen LogP contribution is -2.50. The summed E-state index contributed by atoms with van der Waals surface area (Å²) in [5, 5.41) is 0.706. The van der Waals surface area contributed by atoms with Gasteiger partial charge in [0.25, 0.3) is 11.7 Å². The Morgan fingerprint density at radius 3 is 2.33 bits per heavy atom. The molecule has 2 aliphatic heterocycles. The van der Waals surface area contributed by atoms with Crippen molar-refractivity contribution in [3.05, 3.63) is 36.0 Å². The highest BCUT2D eigenvalue weighted by atomic mass is 16.5. The van der Waals surface area contributed by atoms with Crippen LogP contribution in [0.3, 0.4) is 0 Å². The molecule has 3 heterocycles. The number of hydrogen-bond acceptors (Lipinski definition) is 5. The highest BCUT2D eigenvalue weighted by molar-refractivity contribution is 6.44. The third-order valence-electron chi connectivity index (χ3n) is 6.00. The Bertz CT molecular complexity index is 940. The number of likely N-dealkylation sites (N-methyl/N-ethyl adjacent to an activating group) is 1. The van der Waals surface area contributed by atoms with Gasteiger partial charge in [-0.05, 0) is 12.6 Å². The van der Waals surface area contributed by atoms with Crippen molar-refractivity contribution in [2.45, 2.75) is 13.5 Å². The molecule has 0 spiro atoms. The van der Waals surface area contributed by atoms with E-state index in [1.54, 1.807) is 20.6 Å². The van der Waals surface area contributed by atoms with Crippen molar-refractivity contribution in [3.8, 4) is 0 Å². The zero-order valence-electron chi connectivity index (χ0n) is 17.4. The van der Waals surface area contributed by atoms with Crippen LogP contribution in [0.15, 0.2) is 30.5 Å². The van der Waals surface area contributed by atoms with Gasteiger partial charge < -0.3 is 24.0 Å². The number of ether oxygens (including phenoxy) is 1. The van der Waals surface area contributed by atoms with Crippen molar-refractivity contribution in [3.63, 3.8) is 0 Å². The molecule has 2 saturated heterocycles. The van der Waals surface area contributed by atoms with Gasteiger partial charge in [0.05, 0.1) is 18.8 Å². The van der Waals surface area contributed by atoms with Gasteiger partial charge in [-0.2, -0.15) is 0 Å². The predicted molar refractivity (Wildman–Crippen MR) is 112 cm³/mol. The van der Waals surface area contributed by atoms with Gasteiger partial charge in [-0.1, -0.05) is 25.1 Å². The number of morpholine rings is 1. The normalized spacial score (nSPS) is 18.0. The predicted octanol–water partition coefficient (Wildman–Crippen LogP) is 0.847. The number of carbonyl (C=O) groups excluding carboxylic acids is 3. The molecule has 1 aromatic carbocycles. The second-order valence-electron chi connectivity index (χ2n) is 7.74. The van der Waals surface area contributed by atoms with Crippen molar-refractivity contribution in [2.24, 2.45) is 0 Å². The average molecular weight is 412 g/mol. The van der Waals surface area contributed by atoms with Crippen LogP contribution < -0.4 is 0 Å². The number of fused-ring (bicyclic) bond motifs is 1. The van der Waals surface area contributed by atoms with Crippen LogP contribution in [0.1, 0.15) is 17.3 Å². The molecule has 0 saturated carbocycles. The zero-order valence-corrected chi connectivity index (χ0v) is 17.4. The fourth-order valence-corrected chi connectivity index (χ4v) is 4.14. The highest BCUT2D eigenvalue weighted by Gasteiger charge is 2.29. The van der Waals surface area contributed by atoms with Crippen molar-refractivity contribution in [1.29, 1.82) is 0 Å². The Kier molecular flexibility index (Phi) is 6.15. The van der Waals surface area contributed by atoms with E-state index in [0.717, 1.165) is 25.2 Å². The van der Waals surface area contributed by atoms with E-state index in [1.165, 1.54) is 0 Å². The van der Waals surface area contributed by atoms with Crippen LogP contribution in [0.25, 0.3) is 10.9 Å². The topological polar surface area (TPSA) is 75.1 Å². The van der Waals surface area contributed by atoms with E-state index in [2.05, 4.69) is 11.8 Å². The average Bonchev–Trinajstić information content (AvgIpc) is 3.17. The lowest BCUT2D eigenvalue weighted by Gasteiger charge is -2.33. The van der Waals surface area contributed by atoms with Gasteiger partial charge in [-0.15, -0.1) is 0 Å². The van der Waals surface area contributed by atoms with Crippen LogP contribution in [0.4, 0.5) is 0 Å². The molecule has 0 aliphatic carbocycles. The van der Waals surface area contributed by atoms with Gasteiger partial charge in [0, 0.05) is 56.4 Å². The Balaban J connectivity index is 1.55. The number of Topliss-reactive ketones (excluding diaryl/α,β-unsaturated/α-hetero) is 1. The molecule has 0 radical (unpaired) electrons. The zero-order chi connectivity index (χ0) is 21.1. The number of nitrogens with zero attached hydrogens (tertiary/aromatic N) is 4. The smallest absolute Gasteiger partial charge is 0.295 e. The van der Waals surface area contributed by atoms with Gasteiger partial charge in [-0.25, -0.2) is 0 Å². The van der Waals surface area contributed by atoms with E-state index in [1.807, 2.05) is 24.3 Å². The Morgan fingerprint density at radius 2 is 1.63 bits per heavy atom. The minimum atomic E-state index is -0.506. The maximum Gasteiger partial charge on any atom is 0.295 e. The van der Waals surface area contributed by atoms with E-state index in [9.17, 15) is 14.4 Å². The molecule has 8 nitrogen and oxygen atoms in total. The van der Waals surface area contributed by atoms with Crippen molar-refractivity contribution in [1.82, 2.24) is 19.3 Å². The summed E-state index contributed by atoms with van der Waals surface area (Å²) in [5.74, 6) is -0.984. The molecule has 160 valence electrons. The number of aromatic nitrogens is 1. The van der Waals surface area contributed by atoms with Gasteiger partial charge >= 0.3 is 0 Å². The number of para-hydroxylation sites is 1. The van der Waals surface area contributed by atoms with Crippen molar-refractivity contribution < 1.29 is 19.1 Å². The molecule has 0 bridgehead atoms. The number of benzene rings is 1. The minimum absolute atomic E-state index is 0.0138. The minimum Gasteiger partial charge on any atom is -0.378 e. The van der Waals surface area contributed by atoms with E-state index < -0.39 is 11.7 Å². The monoisotopic (exact) mass is 412 g/mol. The number of hydrogen-bond donors (Lipinski definition) is 0. The van der Waals surface area contributed by atoms with Crippen LogP contribution in [-0.4, -0.2) is 95.9 Å². The molecule has 0 atom stereocenters. The Hall–Kier alpha value is -2.71. The summed E-state index contributed by atoms with van der Waals surface area (Å²) in [6.45, 7) is 8.10. The fourth-order valence-electron chi connectivity index (χ4n) is 4.14. The summed E-state index contributed by atoms with van der Waals surface area (Å²) >= 11 is 0. The molecule has 30 heavy (non-hydrogen) atoms. The molecular weight excluding hydrogens is 384 g/mol. The highest BCUT2D eigenvalue weighted by Crippen LogP contribution is 2.23. The van der Waals surface area contributed by atoms with Crippen LogP contribution in [-0.2, 0) is 20.9 Å². The van der Waals surface area contributed by atoms with Crippen LogP contribution in [0, 0.1) is 0 Å². The third-order valence-corrected chi connectivity index (χ3v) is 6.00. The summed E-state index contributed by atoms with van der Waals surface area (Å²) in [4.78, 5) is 44.3. The first-order chi connectivity index (χ1) is 14.6. The lowest BCUT2D eigenvalue weighted by atomic mass is 10.1. The van der Waals surface area contributed by atoms with Gasteiger partial charge in [0.1, 0.15) is 6.54 Å². The molecule has 8 heteroatoms. The first kappa shape index (κ1) is 20.6. The molecular formula is C22H28N4O4. The quantitative estimate of drug-likeness (QED) is 0.538. The maximum absolute atomic E-state index is 13.1. The van der Waals surface area contributed by atoms with E-state index >= 15 is 0 Å². The second kappa shape index (κ2) is 8.97. The third kappa shape index (κ3) is 4.11. The molecule has 1 aromatic heterocycles. The summed E-state index contributed by atoms with van der Waals surface area (Å²) < 4.78 is 7.09. The van der Waals surface area contributed by atoms with E-state index in [4.69, 9.17) is 4.74 Å². The standard InChI is InChI=1S/C22H28N4O4/c1-2-23-7-9-25(10-8-23)22(29)21(28)18-15-26(19-6-4-3-5-17(18)19)16-20(27)24-11-13-30-14-12-24/h3-6,15H,2,7-14,16H2,1H3. The van der Waals surface area contributed by atoms with E-state index in [0.29, 0.717) is 50.3 Å². The second-order valence-corrected chi connectivity index (χ2v) is 7.74. The number of amides is 2. The van der Waals surface area contributed by atoms with Gasteiger partial charge in [0.2, 0.25) is 5.91 Å². The van der Waals surface area contributed by atoms with Crippen molar-refractivity contribution >= 4 is 28.5 Å². The Morgan fingerprint density at radius 1 is 0.933 bits per heavy atom. The molecule has 0 N–H and O–H groups in total. The van der Waals surface area contributed by atoms with Crippen LogP contribution in [0.2, 0.25) is 0 Å². The SMILES string of the molecule is CCN1CCN(C(=O)C(=O)c2cn(CC(=O)N3CCOCC3)c3ccccc23)CC1. The first-order valence-electron chi connectivity index (χ1n) is 10.6. The molecule has 2 aromatic rings. The van der Waals surface area contributed by atoms with Gasteiger partial charge in [-0.3, -0.25) is 14.4 Å². The Labute approximate surface area is 176 Å². The number of rotatable bonds is 5. The summed E-state index contributed by atoms with van der Waals surface area (Å²) in [7, 11) is 0. The molecule has 2 amide bonds. The molecule has 2 aliphatic rings. The van der Waals surface area contributed by atoms with Gasteiger partial charge in [0.15, 0.2) is 0 Å². The molecule has 2 fully saturated rings. The summed E-state index contributed by atoms with van der Waals surface area (Å²) in [6.07, 6.45) is 1.66. The number of ketones is 1. The molecule has 0 unspecified atom stereocenters. The van der Waals surface area contributed by atoms with E-state index in [-0.39, 0.29) is 12.5 Å². The maximum atomic E-state index is 13.1. The summed E-state index contributed by atoms with van der Waals surface area (Å²) in [5.41, 5.74) is 1.15. The van der Waals surface area contributed by atoms with Crippen molar-refractivity contribution in [2.75, 3.05) is 59.0 Å². The number of carbonyl (C=O) groups is 3. The summed E-state index contributed by atoms with van der Waals surface area (Å²) in [6, 6.07) is 7.43.